The summed E-state index contributed by atoms with van der Waals surface area (Å²) in [4.78, 5) is 54.5. The minimum Gasteiger partial charge on any atom is -0.454 e. The number of amides is 3. The number of carbonyl (C=O) groups is 4. The first-order chi connectivity index (χ1) is 19.9. The van der Waals surface area contributed by atoms with Gasteiger partial charge < -0.3 is 34.9 Å². The van der Waals surface area contributed by atoms with Gasteiger partial charge in [0, 0.05) is 19.5 Å². The Morgan fingerprint density at radius 3 is 2.39 bits per heavy atom. The summed E-state index contributed by atoms with van der Waals surface area (Å²) >= 11 is 0. The average Bonchev–Trinajstić information content (AvgIpc) is 3.48. The maximum Gasteiger partial charge on any atom is 0.243 e. The highest BCUT2D eigenvalue weighted by Crippen LogP contribution is 2.33. The Hall–Kier alpha value is -3.22. The molecule has 4 aliphatic rings. The predicted molar refractivity (Wildman–Crippen MR) is 146 cm³/mol. The monoisotopic (exact) mass is 572 g/mol. The van der Waals surface area contributed by atoms with Crippen molar-refractivity contribution in [1.82, 2.24) is 20.9 Å². The molecule has 3 fully saturated rings. The van der Waals surface area contributed by atoms with E-state index in [0.29, 0.717) is 56.7 Å². The molecular formula is C29H40N4O8. The van der Waals surface area contributed by atoms with E-state index in [2.05, 4.69) is 16.0 Å². The van der Waals surface area contributed by atoms with E-state index in [1.165, 1.54) is 0 Å². The van der Waals surface area contributed by atoms with Crippen LogP contribution in [0.1, 0.15) is 44.6 Å². The van der Waals surface area contributed by atoms with Crippen molar-refractivity contribution < 1.29 is 38.1 Å². The maximum atomic E-state index is 13.7. The summed E-state index contributed by atoms with van der Waals surface area (Å²) < 4.78 is 21.4. The van der Waals surface area contributed by atoms with E-state index >= 15 is 0 Å². The minimum absolute atomic E-state index is 0.120. The molecule has 1 aromatic carbocycles. The highest BCUT2D eigenvalue weighted by molar-refractivity contribution is 5.96. The Morgan fingerprint density at radius 2 is 1.66 bits per heavy atom. The van der Waals surface area contributed by atoms with Crippen LogP contribution in [-0.4, -0.2) is 98.9 Å². The lowest BCUT2D eigenvalue weighted by atomic mass is 9.94. The molecule has 3 N–H and O–H groups in total. The van der Waals surface area contributed by atoms with Gasteiger partial charge in [-0.05, 0) is 37.0 Å². The first-order valence-electron chi connectivity index (χ1n) is 14.6. The number of epoxide rings is 1. The summed E-state index contributed by atoms with van der Waals surface area (Å²) in [6.45, 7) is 4.67. The van der Waals surface area contributed by atoms with Crippen LogP contribution in [0.25, 0.3) is 0 Å². The molecule has 0 spiro atoms. The predicted octanol–water partition coefficient (Wildman–Crippen LogP) is 0.313. The molecule has 12 heteroatoms. The fourth-order valence-corrected chi connectivity index (χ4v) is 5.66. The van der Waals surface area contributed by atoms with Crippen molar-refractivity contribution in [2.45, 2.75) is 69.7 Å². The maximum absolute atomic E-state index is 13.7. The first-order valence-corrected chi connectivity index (χ1v) is 14.6. The largest absolute Gasteiger partial charge is 0.454 e. The SMILES string of the molecule is CC(NC(=O)CN1CCOCC1)C(=O)NC(Cc1ccc2c(c1)OCO2)C(=O)NC(CC1CCCC1)C(=O)C1CO1. The number of carbonyl (C=O) groups excluding carboxylic acids is 4. The van der Waals surface area contributed by atoms with Crippen LogP contribution in [0.2, 0.25) is 0 Å². The molecule has 4 unspecified atom stereocenters. The second-order valence-corrected chi connectivity index (χ2v) is 11.3. The van der Waals surface area contributed by atoms with Crippen LogP contribution in [0.5, 0.6) is 11.5 Å². The molecule has 1 saturated carbocycles. The molecule has 3 aliphatic heterocycles. The lowest BCUT2D eigenvalue weighted by molar-refractivity contribution is -0.133. The van der Waals surface area contributed by atoms with Crippen molar-refractivity contribution in [3.63, 3.8) is 0 Å². The zero-order valence-corrected chi connectivity index (χ0v) is 23.5. The standard InChI is InChI=1S/C29H40N4O8/c1-18(30-26(34)15-33-8-10-38-11-9-33)28(36)32-22(13-20-6-7-23-24(14-20)41-17-40-23)29(37)31-21(27(35)25-16-39-25)12-19-4-2-3-5-19/h6-7,14,18-19,21-22,25H,2-5,8-13,15-17H2,1H3,(H,30,34)(H,31,37)(H,32,36). The Labute approximate surface area is 239 Å². The first kappa shape index (κ1) is 29.3. The summed E-state index contributed by atoms with van der Waals surface area (Å²) in [5, 5.41) is 8.47. The van der Waals surface area contributed by atoms with Gasteiger partial charge >= 0.3 is 0 Å². The normalized spacial score (nSPS) is 22.4. The van der Waals surface area contributed by atoms with Crippen molar-refractivity contribution in [1.29, 1.82) is 0 Å². The highest BCUT2D eigenvalue weighted by atomic mass is 16.7. The molecule has 224 valence electrons. The van der Waals surface area contributed by atoms with Gasteiger partial charge in [-0.15, -0.1) is 0 Å². The van der Waals surface area contributed by atoms with Gasteiger partial charge in [-0.3, -0.25) is 24.1 Å². The molecule has 4 atom stereocenters. The van der Waals surface area contributed by atoms with E-state index in [0.717, 1.165) is 31.2 Å². The topological polar surface area (TPSA) is 148 Å². The Balaban J connectivity index is 1.25. The number of Topliss-reactive ketones (excluding diaryl/α,β-unsaturated/α-hetero) is 1. The van der Waals surface area contributed by atoms with Crippen LogP contribution in [0, 0.1) is 5.92 Å². The van der Waals surface area contributed by atoms with Crippen LogP contribution >= 0.6 is 0 Å². The van der Waals surface area contributed by atoms with Crippen molar-refractivity contribution in [2.24, 2.45) is 5.92 Å². The molecule has 1 aromatic rings. The molecule has 1 aliphatic carbocycles. The van der Waals surface area contributed by atoms with Gasteiger partial charge in [0.05, 0.1) is 32.4 Å². The summed E-state index contributed by atoms with van der Waals surface area (Å²) in [6, 6.07) is 2.82. The number of ketones is 1. The summed E-state index contributed by atoms with van der Waals surface area (Å²) in [5.41, 5.74) is 0.753. The van der Waals surface area contributed by atoms with Crippen LogP contribution in [0.3, 0.4) is 0 Å². The second-order valence-electron chi connectivity index (χ2n) is 11.3. The summed E-state index contributed by atoms with van der Waals surface area (Å²) in [6.07, 6.45) is 4.55. The second kappa shape index (κ2) is 13.6. The fourth-order valence-electron chi connectivity index (χ4n) is 5.66. The van der Waals surface area contributed by atoms with Crippen molar-refractivity contribution in [3.8, 4) is 11.5 Å². The van der Waals surface area contributed by atoms with E-state index in [-0.39, 0.29) is 31.4 Å². The van der Waals surface area contributed by atoms with Gasteiger partial charge in [0.15, 0.2) is 17.3 Å². The zero-order chi connectivity index (χ0) is 28.8. The number of morpholine rings is 1. The number of hydrogen-bond donors (Lipinski definition) is 3. The van der Waals surface area contributed by atoms with E-state index in [1.54, 1.807) is 19.1 Å². The van der Waals surface area contributed by atoms with Gasteiger partial charge in [0.25, 0.3) is 0 Å². The van der Waals surface area contributed by atoms with Gasteiger partial charge in [0.2, 0.25) is 24.5 Å². The molecule has 5 rings (SSSR count). The zero-order valence-electron chi connectivity index (χ0n) is 23.5. The van der Waals surface area contributed by atoms with Gasteiger partial charge in [-0.25, -0.2) is 0 Å². The average molecular weight is 573 g/mol. The van der Waals surface area contributed by atoms with Gasteiger partial charge in [0.1, 0.15) is 18.2 Å². The van der Waals surface area contributed by atoms with Crippen LogP contribution < -0.4 is 25.4 Å². The van der Waals surface area contributed by atoms with E-state index < -0.39 is 36.0 Å². The number of hydrogen-bond acceptors (Lipinski definition) is 9. The molecule has 0 bridgehead atoms. The number of nitrogens with zero attached hydrogens (tertiary/aromatic N) is 1. The summed E-state index contributed by atoms with van der Waals surface area (Å²) in [7, 11) is 0. The quantitative estimate of drug-likeness (QED) is 0.284. The smallest absolute Gasteiger partial charge is 0.243 e. The molecule has 0 radical (unpaired) electrons. The fraction of sp³-hybridized carbons (Fsp3) is 0.655. The van der Waals surface area contributed by atoms with Gasteiger partial charge in [-0.1, -0.05) is 31.7 Å². The van der Waals surface area contributed by atoms with E-state index in [4.69, 9.17) is 18.9 Å². The van der Waals surface area contributed by atoms with Crippen LogP contribution in [-0.2, 0) is 35.1 Å². The number of nitrogens with one attached hydrogen (secondary N) is 3. The molecule has 3 amide bonds. The minimum atomic E-state index is -0.986. The van der Waals surface area contributed by atoms with Crippen molar-refractivity contribution in [2.75, 3.05) is 46.2 Å². The molecule has 3 heterocycles. The molecular weight excluding hydrogens is 532 g/mol. The Kier molecular flexibility index (Phi) is 9.73. The number of benzene rings is 1. The lowest BCUT2D eigenvalue weighted by Crippen LogP contribution is -2.57. The van der Waals surface area contributed by atoms with Gasteiger partial charge in [-0.2, -0.15) is 0 Å². The van der Waals surface area contributed by atoms with E-state index in [1.807, 2.05) is 11.0 Å². The third-order valence-electron chi connectivity index (χ3n) is 8.11. The summed E-state index contributed by atoms with van der Waals surface area (Å²) in [5.74, 6) is 0.191. The molecule has 0 aromatic heterocycles. The van der Waals surface area contributed by atoms with Crippen LogP contribution in [0.4, 0.5) is 0 Å². The van der Waals surface area contributed by atoms with Crippen LogP contribution in [0.15, 0.2) is 18.2 Å². The number of rotatable bonds is 13. The Morgan fingerprint density at radius 1 is 0.951 bits per heavy atom. The molecule has 2 saturated heterocycles. The van der Waals surface area contributed by atoms with Crippen molar-refractivity contribution >= 4 is 23.5 Å². The van der Waals surface area contributed by atoms with Crippen molar-refractivity contribution in [3.05, 3.63) is 23.8 Å². The van der Waals surface area contributed by atoms with E-state index in [9.17, 15) is 19.2 Å². The lowest BCUT2D eigenvalue weighted by Gasteiger charge is -2.27. The number of fused-ring (bicyclic) bond motifs is 1. The third kappa shape index (κ3) is 8.17. The third-order valence-corrected chi connectivity index (χ3v) is 8.11. The molecule has 12 nitrogen and oxygen atoms in total. The molecule has 41 heavy (non-hydrogen) atoms. The Bertz CT molecular complexity index is 1110. The highest BCUT2D eigenvalue weighted by Gasteiger charge is 2.39. The number of ether oxygens (including phenoxy) is 4.